The van der Waals surface area contributed by atoms with E-state index in [0.717, 1.165) is 56.8 Å². The molecule has 0 unspecified atom stereocenters. The zero-order valence-electron chi connectivity index (χ0n) is 16.3. The summed E-state index contributed by atoms with van der Waals surface area (Å²) in [6.45, 7) is 8.48. The van der Waals surface area contributed by atoms with Gasteiger partial charge in [0.1, 0.15) is 6.54 Å². The van der Waals surface area contributed by atoms with Crippen LogP contribution in [0.3, 0.4) is 0 Å². The first kappa shape index (κ1) is 20.2. The number of anilines is 2. The first-order chi connectivity index (χ1) is 12.5. The van der Waals surface area contributed by atoms with Crippen molar-refractivity contribution in [2.45, 2.75) is 33.1 Å². The van der Waals surface area contributed by atoms with Crippen molar-refractivity contribution in [3.05, 3.63) is 24.3 Å². The number of hydrogen-bond donors (Lipinski definition) is 1. The van der Waals surface area contributed by atoms with E-state index in [2.05, 4.69) is 29.1 Å². The second kappa shape index (κ2) is 10.2. The molecule has 0 atom stereocenters. The van der Waals surface area contributed by atoms with Crippen molar-refractivity contribution in [3.8, 4) is 0 Å². The number of nitrogens with one attached hydrogen (secondary N) is 1. The number of likely N-dealkylation sites (N-methyl/N-ethyl adjacent to an activating group) is 1. The molecule has 0 saturated carbocycles. The topological polar surface area (TPSA) is 55.9 Å². The van der Waals surface area contributed by atoms with E-state index >= 15 is 0 Å². The van der Waals surface area contributed by atoms with E-state index in [1.165, 1.54) is 11.8 Å². The zero-order valence-corrected chi connectivity index (χ0v) is 16.3. The molecule has 1 heterocycles. The standard InChI is InChI=1S/C20H32N4O2/c1-4-5-6-11-21-20(26)16-24(17(2)25)19-9-7-18(8-10-19)23-14-12-22(3)13-15-23/h7-10H,4-6,11-16H2,1-3H3,(H,21,26). The van der Waals surface area contributed by atoms with Crippen molar-refractivity contribution in [3.63, 3.8) is 0 Å². The average Bonchev–Trinajstić information content (AvgIpc) is 2.64. The van der Waals surface area contributed by atoms with Gasteiger partial charge in [-0.05, 0) is 37.7 Å². The quantitative estimate of drug-likeness (QED) is 0.722. The van der Waals surface area contributed by atoms with Gasteiger partial charge in [-0.2, -0.15) is 0 Å². The molecule has 1 aromatic carbocycles. The second-order valence-corrected chi connectivity index (χ2v) is 6.97. The minimum absolute atomic E-state index is 0.0648. The second-order valence-electron chi connectivity index (χ2n) is 6.97. The first-order valence-electron chi connectivity index (χ1n) is 9.59. The number of carbonyl (C=O) groups is 2. The van der Waals surface area contributed by atoms with E-state index < -0.39 is 0 Å². The molecular formula is C20H32N4O2. The van der Waals surface area contributed by atoms with Crippen LogP contribution in [0, 0.1) is 0 Å². The Labute approximate surface area is 157 Å². The molecule has 6 nitrogen and oxygen atoms in total. The number of carbonyl (C=O) groups excluding carboxylic acids is 2. The maximum absolute atomic E-state index is 12.1. The number of nitrogens with zero attached hydrogens (tertiary/aromatic N) is 3. The van der Waals surface area contributed by atoms with E-state index in [4.69, 9.17) is 0 Å². The molecule has 1 aliphatic heterocycles. The molecule has 2 amide bonds. The Hall–Kier alpha value is -2.08. The van der Waals surface area contributed by atoms with Crippen LogP contribution in [-0.2, 0) is 9.59 Å². The monoisotopic (exact) mass is 360 g/mol. The zero-order chi connectivity index (χ0) is 18.9. The molecule has 26 heavy (non-hydrogen) atoms. The van der Waals surface area contributed by atoms with E-state index in [9.17, 15) is 9.59 Å². The van der Waals surface area contributed by atoms with E-state index in [1.54, 1.807) is 0 Å². The van der Waals surface area contributed by atoms with E-state index in [-0.39, 0.29) is 18.4 Å². The third-order valence-corrected chi connectivity index (χ3v) is 4.81. The largest absolute Gasteiger partial charge is 0.369 e. The fourth-order valence-electron chi connectivity index (χ4n) is 3.09. The number of hydrogen-bond acceptors (Lipinski definition) is 4. The molecular weight excluding hydrogens is 328 g/mol. The van der Waals surface area contributed by atoms with Crippen molar-refractivity contribution in [2.75, 3.05) is 56.1 Å². The highest BCUT2D eigenvalue weighted by molar-refractivity contribution is 5.97. The predicted molar refractivity (Wildman–Crippen MR) is 107 cm³/mol. The third-order valence-electron chi connectivity index (χ3n) is 4.81. The van der Waals surface area contributed by atoms with Crippen molar-refractivity contribution in [2.24, 2.45) is 0 Å². The Morgan fingerprint density at radius 1 is 1.08 bits per heavy atom. The fourth-order valence-corrected chi connectivity index (χ4v) is 3.09. The maximum atomic E-state index is 12.1. The molecule has 0 aromatic heterocycles. The van der Waals surface area contributed by atoms with Crippen molar-refractivity contribution in [1.29, 1.82) is 0 Å². The average molecular weight is 361 g/mol. The van der Waals surface area contributed by atoms with Crippen molar-refractivity contribution < 1.29 is 9.59 Å². The molecule has 0 aliphatic carbocycles. The van der Waals surface area contributed by atoms with Crippen LogP contribution >= 0.6 is 0 Å². The van der Waals surface area contributed by atoms with Crippen molar-refractivity contribution in [1.82, 2.24) is 10.2 Å². The predicted octanol–water partition coefficient (Wildman–Crippen LogP) is 2.10. The summed E-state index contributed by atoms with van der Waals surface area (Å²) in [5.41, 5.74) is 1.92. The van der Waals surface area contributed by atoms with Crippen LogP contribution in [0.5, 0.6) is 0 Å². The summed E-state index contributed by atoms with van der Waals surface area (Å²) in [6.07, 6.45) is 3.20. The summed E-state index contributed by atoms with van der Waals surface area (Å²) in [4.78, 5) is 30.3. The van der Waals surface area contributed by atoms with Crippen LogP contribution in [0.15, 0.2) is 24.3 Å². The van der Waals surface area contributed by atoms with Gasteiger partial charge in [0.05, 0.1) is 0 Å². The highest BCUT2D eigenvalue weighted by Gasteiger charge is 2.17. The molecule has 1 aromatic rings. The molecule has 0 spiro atoms. The van der Waals surface area contributed by atoms with Gasteiger partial charge in [0, 0.05) is 51.0 Å². The van der Waals surface area contributed by atoms with Crippen LogP contribution in [0.4, 0.5) is 11.4 Å². The molecule has 0 bridgehead atoms. The summed E-state index contributed by atoms with van der Waals surface area (Å²) in [7, 11) is 2.14. The normalized spacial score (nSPS) is 15.0. The molecule has 6 heteroatoms. The summed E-state index contributed by atoms with van der Waals surface area (Å²) in [5, 5.41) is 2.89. The van der Waals surface area contributed by atoms with Crippen LogP contribution in [-0.4, -0.2) is 63.0 Å². The maximum Gasteiger partial charge on any atom is 0.240 e. The number of amides is 2. The number of piperazine rings is 1. The lowest BCUT2D eigenvalue weighted by Gasteiger charge is -2.34. The Morgan fingerprint density at radius 3 is 2.31 bits per heavy atom. The van der Waals surface area contributed by atoms with Gasteiger partial charge < -0.3 is 20.0 Å². The lowest BCUT2D eigenvalue weighted by molar-refractivity contribution is -0.123. The third kappa shape index (κ3) is 6.02. The molecule has 144 valence electrons. The van der Waals surface area contributed by atoms with Gasteiger partial charge in [-0.1, -0.05) is 19.8 Å². The highest BCUT2D eigenvalue weighted by atomic mass is 16.2. The molecule has 1 N–H and O–H groups in total. The van der Waals surface area contributed by atoms with Gasteiger partial charge in [0.25, 0.3) is 0 Å². The minimum atomic E-state index is -0.124. The number of unbranched alkanes of at least 4 members (excludes halogenated alkanes) is 2. The van der Waals surface area contributed by atoms with Gasteiger partial charge >= 0.3 is 0 Å². The van der Waals surface area contributed by atoms with Gasteiger partial charge in [0.15, 0.2) is 0 Å². The Bertz CT molecular complexity index is 580. The van der Waals surface area contributed by atoms with Crippen LogP contribution in [0.2, 0.25) is 0 Å². The Morgan fingerprint density at radius 2 is 1.73 bits per heavy atom. The summed E-state index contributed by atoms with van der Waals surface area (Å²) >= 11 is 0. The van der Waals surface area contributed by atoms with Crippen molar-refractivity contribution >= 4 is 23.2 Å². The van der Waals surface area contributed by atoms with Gasteiger partial charge in [-0.3, -0.25) is 9.59 Å². The highest BCUT2D eigenvalue weighted by Crippen LogP contribution is 2.22. The Balaban J connectivity index is 1.94. The van der Waals surface area contributed by atoms with E-state index in [0.29, 0.717) is 6.54 Å². The van der Waals surface area contributed by atoms with Gasteiger partial charge in [0.2, 0.25) is 11.8 Å². The smallest absolute Gasteiger partial charge is 0.240 e. The minimum Gasteiger partial charge on any atom is -0.369 e. The fraction of sp³-hybridized carbons (Fsp3) is 0.600. The van der Waals surface area contributed by atoms with Crippen LogP contribution in [0.25, 0.3) is 0 Å². The summed E-state index contributed by atoms with van der Waals surface area (Å²) < 4.78 is 0. The summed E-state index contributed by atoms with van der Waals surface area (Å²) in [5.74, 6) is -0.236. The lowest BCUT2D eigenvalue weighted by Crippen LogP contribution is -2.44. The molecule has 1 saturated heterocycles. The van der Waals surface area contributed by atoms with E-state index in [1.807, 2.05) is 24.3 Å². The molecule has 0 radical (unpaired) electrons. The van der Waals surface area contributed by atoms with Gasteiger partial charge in [-0.15, -0.1) is 0 Å². The Kier molecular flexibility index (Phi) is 7.91. The molecule has 2 rings (SSSR count). The number of rotatable bonds is 8. The lowest BCUT2D eigenvalue weighted by atomic mass is 10.2. The first-order valence-corrected chi connectivity index (χ1v) is 9.59. The van der Waals surface area contributed by atoms with Gasteiger partial charge in [-0.25, -0.2) is 0 Å². The van der Waals surface area contributed by atoms with Crippen LogP contribution in [0.1, 0.15) is 33.1 Å². The van der Waals surface area contributed by atoms with Crippen LogP contribution < -0.4 is 15.1 Å². The number of benzene rings is 1. The molecule has 1 aliphatic rings. The summed E-state index contributed by atoms with van der Waals surface area (Å²) in [6, 6.07) is 7.93. The molecule has 1 fully saturated rings. The SMILES string of the molecule is CCCCCNC(=O)CN(C(C)=O)c1ccc(N2CCN(C)CC2)cc1.